The van der Waals surface area contributed by atoms with Gasteiger partial charge in [0.15, 0.2) is 11.6 Å². The predicted octanol–water partition coefficient (Wildman–Crippen LogP) is 3.34. The van der Waals surface area contributed by atoms with E-state index >= 15 is 0 Å². The van der Waals surface area contributed by atoms with E-state index in [1.807, 2.05) is 19.9 Å². The SMILES string of the molecule is CCOc1cc2c(C[C@H](C)[NH])c3n(c2cc1F)CCC3. The van der Waals surface area contributed by atoms with Gasteiger partial charge in [-0.05, 0) is 44.7 Å². The molecule has 2 aromatic rings. The zero-order valence-corrected chi connectivity index (χ0v) is 12.0. The number of aryl methyl sites for hydroxylation is 1. The topological polar surface area (TPSA) is 38.0 Å². The summed E-state index contributed by atoms with van der Waals surface area (Å²) in [6.07, 6.45) is 2.86. The van der Waals surface area contributed by atoms with Gasteiger partial charge in [0, 0.05) is 29.7 Å². The molecule has 1 aliphatic heterocycles. The highest BCUT2D eigenvalue weighted by molar-refractivity contribution is 5.87. The zero-order chi connectivity index (χ0) is 14.3. The summed E-state index contributed by atoms with van der Waals surface area (Å²) in [5.74, 6) is 0.0279. The number of ether oxygens (including phenoxy) is 1. The van der Waals surface area contributed by atoms with E-state index in [9.17, 15) is 4.39 Å². The molecule has 1 atom stereocenters. The van der Waals surface area contributed by atoms with Crippen molar-refractivity contribution in [1.29, 1.82) is 0 Å². The van der Waals surface area contributed by atoms with Crippen molar-refractivity contribution >= 4 is 10.9 Å². The molecule has 0 amide bonds. The summed E-state index contributed by atoms with van der Waals surface area (Å²) in [4.78, 5) is 0. The minimum Gasteiger partial charge on any atom is -0.491 e. The second-order valence-electron chi connectivity index (χ2n) is 5.52. The molecule has 0 unspecified atom stereocenters. The van der Waals surface area contributed by atoms with Crippen LogP contribution in [-0.4, -0.2) is 17.2 Å². The van der Waals surface area contributed by atoms with Crippen LogP contribution in [0.2, 0.25) is 0 Å². The average Bonchev–Trinajstić information content (AvgIpc) is 2.95. The van der Waals surface area contributed by atoms with Crippen LogP contribution in [0.4, 0.5) is 4.39 Å². The Hall–Kier alpha value is -1.55. The molecule has 2 heterocycles. The number of nitrogens with one attached hydrogen (secondary N) is 1. The number of halogens is 1. The van der Waals surface area contributed by atoms with Crippen LogP contribution in [0.5, 0.6) is 5.75 Å². The summed E-state index contributed by atoms with van der Waals surface area (Å²) in [6.45, 7) is 5.17. The third kappa shape index (κ3) is 2.08. The summed E-state index contributed by atoms with van der Waals surface area (Å²) in [6, 6.07) is 3.26. The fourth-order valence-electron chi connectivity index (χ4n) is 3.22. The number of rotatable bonds is 4. The van der Waals surface area contributed by atoms with Gasteiger partial charge in [0.05, 0.1) is 12.1 Å². The molecule has 0 spiro atoms. The molecule has 0 saturated carbocycles. The van der Waals surface area contributed by atoms with Crippen LogP contribution < -0.4 is 10.5 Å². The number of nitrogens with zero attached hydrogens (tertiary/aromatic N) is 1. The summed E-state index contributed by atoms with van der Waals surface area (Å²) < 4.78 is 21.7. The first-order valence-electron chi connectivity index (χ1n) is 7.29. The molecule has 1 radical (unpaired) electrons. The van der Waals surface area contributed by atoms with Gasteiger partial charge in [0.1, 0.15) is 0 Å². The van der Waals surface area contributed by atoms with Crippen LogP contribution in [0.3, 0.4) is 0 Å². The van der Waals surface area contributed by atoms with Crippen LogP contribution in [-0.2, 0) is 19.4 Å². The number of hydrogen-bond donors (Lipinski definition) is 0. The van der Waals surface area contributed by atoms with Gasteiger partial charge in [0.2, 0.25) is 0 Å². The number of fused-ring (bicyclic) bond motifs is 3. The number of benzene rings is 1. The monoisotopic (exact) mass is 275 g/mol. The standard InChI is InChI=1S/C16H20FN2O/c1-3-20-16-8-12-11(7-10(2)18)14-5-4-6-19(14)15(12)9-13(16)17/h8-10,18H,3-7H2,1-2H3/t10-/m0/s1. The maximum Gasteiger partial charge on any atom is 0.167 e. The first kappa shape index (κ1) is 13.4. The molecule has 1 aliphatic rings. The molecule has 1 aromatic heterocycles. The van der Waals surface area contributed by atoms with E-state index in [4.69, 9.17) is 10.5 Å². The van der Waals surface area contributed by atoms with Crippen LogP contribution >= 0.6 is 0 Å². The van der Waals surface area contributed by atoms with Gasteiger partial charge in [-0.3, -0.25) is 5.73 Å². The van der Waals surface area contributed by atoms with E-state index in [0.717, 1.165) is 36.7 Å². The van der Waals surface area contributed by atoms with Gasteiger partial charge in [-0.25, -0.2) is 4.39 Å². The lowest BCUT2D eigenvalue weighted by molar-refractivity contribution is 0.322. The van der Waals surface area contributed by atoms with Crippen molar-refractivity contribution in [3.05, 3.63) is 29.2 Å². The van der Waals surface area contributed by atoms with E-state index < -0.39 is 0 Å². The van der Waals surface area contributed by atoms with E-state index in [0.29, 0.717) is 12.4 Å². The highest BCUT2D eigenvalue weighted by atomic mass is 19.1. The van der Waals surface area contributed by atoms with Crippen LogP contribution in [0.1, 0.15) is 31.5 Å². The fourth-order valence-corrected chi connectivity index (χ4v) is 3.22. The Labute approximate surface area is 118 Å². The second kappa shape index (κ2) is 5.09. The predicted molar refractivity (Wildman–Crippen MR) is 77.6 cm³/mol. The van der Waals surface area contributed by atoms with Crippen LogP contribution in [0, 0.1) is 5.82 Å². The van der Waals surface area contributed by atoms with Gasteiger partial charge in [-0.15, -0.1) is 0 Å². The Morgan fingerprint density at radius 1 is 1.45 bits per heavy atom. The summed E-state index contributed by atoms with van der Waals surface area (Å²) in [5.41, 5.74) is 11.3. The molecular formula is C16H20FN2O. The van der Waals surface area contributed by atoms with Gasteiger partial charge in [-0.1, -0.05) is 0 Å². The zero-order valence-electron chi connectivity index (χ0n) is 12.0. The smallest absolute Gasteiger partial charge is 0.167 e. The molecule has 4 heteroatoms. The molecular weight excluding hydrogens is 255 g/mol. The van der Waals surface area contributed by atoms with Crippen molar-refractivity contribution in [3.8, 4) is 5.75 Å². The lowest BCUT2D eigenvalue weighted by Gasteiger charge is -2.08. The normalized spacial score (nSPS) is 15.6. The van der Waals surface area contributed by atoms with Crippen molar-refractivity contribution in [2.24, 2.45) is 0 Å². The third-order valence-corrected chi connectivity index (χ3v) is 3.95. The third-order valence-electron chi connectivity index (χ3n) is 3.95. The van der Waals surface area contributed by atoms with Crippen molar-refractivity contribution < 1.29 is 9.13 Å². The van der Waals surface area contributed by atoms with Crippen molar-refractivity contribution in [3.63, 3.8) is 0 Å². The molecule has 1 N–H and O–H groups in total. The first-order chi connectivity index (χ1) is 9.61. The molecule has 0 fully saturated rings. The summed E-state index contributed by atoms with van der Waals surface area (Å²) in [5, 5.41) is 1.06. The molecule has 3 rings (SSSR count). The van der Waals surface area contributed by atoms with Gasteiger partial charge in [0.25, 0.3) is 0 Å². The molecule has 0 aliphatic carbocycles. The highest BCUT2D eigenvalue weighted by Crippen LogP contribution is 2.35. The quantitative estimate of drug-likeness (QED) is 0.843. The molecule has 107 valence electrons. The molecule has 1 aromatic carbocycles. The van der Waals surface area contributed by atoms with E-state index in [1.165, 1.54) is 11.3 Å². The van der Waals surface area contributed by atoms with Crippen LogP contribution in [0.25, 0.3) is 10.9 Å². The Morgan fingerprint density at radius 3 is 2.95 bits per heavy atom. The Balaban J connectivity index is 2.21. The Morgan fingerprint density at radius 2 is 2.25 bits per heavy atom. The summed E-state index contributed by atoms with van der Waals surface area (Å²) >= 11 is 0. The Kier molecular flexibility index (Phi) is 3.42. The van der Waals surface area contributed by atoms with Crippen molar-refractivity contribution in [2.75, 3.05) is 6.61 Å². The van der Waals surface area contributed by atoms with Gasteiger partial charge < -0.3 is 9.30 Å². The average molecular weight is 275 g/mol. The van der Waals surface area contributed by atoms with Crippen molar-refractivity contribution in [1.82, 2.24) is 10.3 Å². The molecule has 20 heavy (non-hydrogen) atoms. The highest BCUT2D eigenvalue weighted by Gasteiger charge is 2.23. The lowest BCUT2D eigenvalue weighted by Crippen LogP contribution is -2.08. The maximum atomic E-state index is 14.1. The van der Waals surface area contributed by atoms with Crippen molar-refractivity contribution in [2.45, 2.75) is 45.7 Å². The molecule has 0 saturated heterocycles. The van der Waals surface area contributed by atoms with E-state index in [1.54, 1.807) is 6.07 Å². The van der Waals surface area contributed by atoms with Gasteiger partial charge in [-0.2, -0.15) is 0 Å². The van der Waals surface area contributed by atoms with Crippen LogP contribution in [0.15, 0.2) is 12.1 Å². The van der Waals surface area contributed by atoms with E-state index in [2.05, 4.69) is 4.57 Å². The van der Waals surface area contributed by atoms with Gasteiger partial charge >= 0.3 is 0 Å². The fraction of sp³-hybridized carbons (Fsp3) is 0.500. The summed E-state index contributed by atoms with van der Waals surface area (Å²) in [7, 11) is 0. The first-order valence-corrected chi connectivity index (χ1v) is 7.29. The van der Waals surface area contributed by atoms with E-state index in [-0.39, 0.29) is 11.9 Å². The minimum absolute atomic E-state index is 0.147. The Bertz CT molecular complexity index is 646. The largest absolute Gasteiger partial charge is 0.491 e. The maximum absolute atomic E-state index is 14.1. The molecule has 0 bridgehead atoms. The second-order valence-corrected chi connectivity index (χ2v) is 5.52. The number of aromatic nitrogens is 1. The lowest BCUT2D eigenvalue weighted by atomic mass is 10.0. The number of hydrogen-bond acceptors (Lipinski definition) is 1. The molecule has 3 nitrogen and oxygen atoms in total. The minimum atomic E-state index is -0.294.